The average molecular weight is 335 g/mol. The van der Waals surface area contributed by atoms with Crippen LogP contribution in [0.2, 0.25) is 0 Å². The Bertz CT molecular complexity index is 1500. The summed E-state index contributed by atoms with van der Waals surface area (Å²) in [6, 6.07) is 20.3. The first kappa shape index (κ1) is 14.1. The monoisotopic (exact) mass is 335 g/mol. The van der Waals surface area contributed by atoms with Crippen LogP contribution >= 0.6 is 0 Å². The van der Waals surface area contributed by atoms with Gasteiger partial charge in [-0.3, -0.25) is 0 Å². The molecule has 0 saturated carbocycles. The molecule has 0 unspecified atom stereocenters. The summed E-state index contributed by atoms with van der Waals surface area (Å²) in [6.07, 6.45) is 2.18. The standard InChI is InChI=1S/C24H19N2/c1-14-7-10-19-18(13-14)17-9-8-15(2)21-23(17)26(19)20-6-4-5-16-11-12-25(3)24(21)22(16)20/h4-13H,1-3H3/q+1. The molecule has 0 N–H and O–H groups in total. The topological polar surface area (TPSA) is 8.29 Å². The maximum atomic E-state index is 2.47. The van der Waals surface area contributed by atoms with Crippen molar-refractivity contribution >= 4 is 49.0 Å². The molecule has 0 atom stereocenters. The number of fused-ring (bicyclic) bond motifs is 5. The maximum Gasteiger partial charge on any atom is 0.224 e. The highest BCUT2D eigenvalue weighted by molar-refractivity contribution is 6.25. The van der Waals surface area contributed by atoms with Gasteiger partial charge in [0.15, 0.2) is 6.20 Å². The van der Waals surface area contributed by atoms with Gasteiger partial charge in [0.2, 0.25) is 5.52 Å². The van der Waals surface area contributed by atoms with Crippen molar-refractivity contribution in [1.29, 1.82) is 0 Å². The first-order chi connectivity index (χ1) is 12.6. The summed E-state index contributed by atoms with van der Waals surface area (Å²) >= 11 is 0. The van der Waals surface area contributed by atoms with Gasteiger partial charge in [-0.1, -0.05) is 35.9 Å². The number of nitrogens with zero attached hydrogens (tertiary/aromatic N) is 2. The van der Waals surface area contributed by atoms with Crippen molar-refractivity contribution in [3.8, 4) is 0 Å². The molecule has 26 heavy (non-hydrogen) atoms. The van der Waals surface area contributed by atoms with E-state index in [-0.39, 0.29) is 0 Å². The van der Waals surface area contributed by atoms with E-state index in [1.807, 2.05) is 0 Å². The quantitative estimate of drug-likeness (QED) is 0.199. The zero-order valence-electron chi connectivity index (χ0n) is 15.2. The molecule has 3 heterocycles. The molecular formula is C24H19N2+. The molecule has 6 rings (SSSR count). The third-order valence-electron chi connectivity index (χ3n) is 5.91. The number of rotatable bonds is 0. The fourth-order valence-corrected chi connectivity index (χ4v) is 4.76. The highest BCUT2D eigenvalue weighted by Crippen LogP contribution is 2.40. The SMILES string of the molecule is Cc1ccc2c(c1)c1ccc(C)c3c1n2c1cccc2cc[n+](C)c3c21. The van der Waals surface area contributed by atoms with Crippen molar-refractivity contribution in [2.24, 2.45) is 7.05 Å². The van der Waals surface area contributed by atoms with Crippen LogP contribution in [0.5, 0.6) is 0 Å². The largest absolute Gasteiger partial charge is 0.307 e. The average Bonchev–Trinajstić information content (AvgIpc) is 2.96. The van der Waals surface area contributed by atoms with Gasteiger partial charge in [0.25, 0.3) is 0 Å². The highest BCUT2D eigenvalue weighted by atomic mass is 14.9. The van der Waals surface area contributed by atoms with Gasteiger partial charge in [0.1, 0.15) is 7.05 Å². The Morgan fingerprint density at radius 1 is 0.808 bits per heavy atom. The Labute approximate surface area is 151 Å². The molecule has 6 aromatic rings. The fourth-order valence-electron chi connectivity index (χ4n) is 4.76. The van der Waals surface area contributed by atoms with Crippen molar-refractivity contribution in [2.75, 3.05) is 0 Å². The van der Waals surface area contributed by atoms with Crippen molar-refractivity contribution in [3.63, 3.8) is 0 Å². The van der Waals surface area contributed by atoms with Gasteiger partial charge < -0.3 is 4.40 Å². The minimum atomic E-state index is 1.29. The predicted octanol–water partition coefficient (Wildman–Crippen LogP) is 5.43. The first-order valence-electron chi connectivity index (χ1n) is 9.11. The summed E-state index contributed by atoms with van der Waals surface area (Å²) in [5.41, 5.74) is 7.88. The lowest BCUT2D eigenvalue weighted by molar-refractivity contribution is -0.643. The van der Waals surface area contributed by atoms with Gasteiger partial charge in [0.05, 0.1) is 27.3 Å². The van der Waals surface area contributed by atoms with Crippen LogP contribution in [0.1, 0.15) is 11.1 Å². The highest BCUT2D eigenvalue weighted by Gasteiger charge is 2.23. The van der Waals surface area contributed by atoms with E-state index in [0.29, 0.717) is 0 Å². The van der Waals surface area contributed by atoms with E-state index in [9.17, 15) is 0 Å². The minimum Gasteiger partial charge on any atom is -0.307 e. The van der Waals surface area contributed by atoms with E-state index in [0.717, 1.165) is 0 Å². The van der Waals surface area contributed by atoms with Crippen molar-refractivity contribution < 1.29 is 4.57 Å². The summed E-state index contributed by atoms with van der Waals surface area (Å²) in [4.78, 5) is 0. The summed E-state index contributed by atoms with van der Waals surface area (Å²) in [7, 11) is 2.16. The molecule has 2 nitrogen and oxygen atoms in total. The van der Waals surface area contributed by atoms with Crippen LogP contribution in [-0.2, 0) is 7.05 Å². The molecule has 2 heteroatoms. The first-order valence-corrected chi connectivity index (χ1v) is 9.11. The molecule has 0 saturated heterocycles. The van der Waals surface area contributed by atoms with Crippen LogP contribution in [0.4, 0.5) is 0 Å². The Balaban J connectivity index is 2.15. The molecule has 0 spiro atoms. The van der Waals surface area contributed by atoms with E-state index >= 15 is 0 Å². The number of hydrogen-bond acceptors (Lipinski definition) is 0. The van der Waals surface area contributed by atoms with Gasteiger partial charge in [-0.05, 0) is 43.0 Å². The molecular weight excluding hydrogens is 316 g/mol. The summed E-state index contributed by atoms with van der Waals surface area (Å²) in [5.74, 6) is 0. The number of aryl methyl sites for hydroxylation is 3. The number of benzene rings is 3. The van der Waals surface area contributed by atoms with Crippen LogP contribution in [-0.4, -0.2) is 4.40 Å². The molecule has 0 aliphatic heterocycles. The van der Waals surface area contributed by atoms with Crippen LogP contribution in [0.25, 0.3) is 49.0 Å². The summed E-state index contributed by atoms with van der Waals surface area (Å²) in [6.45, 7) is 4.40. The van der Waals surface area contributed by atoms with E-state index in [4.69, 9.17) is 0 Å². The van der Waals surface area contributed by atoms with Gasteiger partial charge in [-0.15, -0.1) is 0 Å². The second kappa shape index (κ2) is 4.53. The molecule has 0 radical (unpaired) electrons. The number of aromatic nitrogens is 2. The lowest BCUT2D eigenvalue weighted by Gasteiger charge is -2.12. The van der Waals surface area contributed by atoms with Gasteiger partial charge in [0, 0.05) is 16.8 Å². The normalized spacial score (nSPS) is 12.4. The van der Waals surface area contributed by atoms with Crippen LogP contribution in [0, 0.1) is 13.8 Å². The number of pyridine rings is 2. The molecule has 0 aliphatic carbocycles. The summed E-state index contributed by atoms with van der Waals surface area (Å²) < 4.78 is 4.75. The van der Waals surface area contributed by atoms with Gasteiger partial charge in [-0.25, -0.2) is 4.57 Å². The molecule has 3 aromatic heterocycles. The second-order valence-corrected chi connectivity index (χ2v) is 7.53. The summed E-state index contributed by atoms with van der Waals surface area (Å²) in [5, 5.41) is 6.69. The van der Waals surface area contributed by atoms with Crippen LogP contribution < -0.4 is 4.57 Å². The van der Waals surface area contributed by atoms with Crippen LogP contribution in [0.3, 0.4) is 0 Å². The van der Waals surface area contributed by atoms with E-state index in [1.54, 1.807) is 0 Å². The molecule has 0 bridgehead atoms. The smallest absolute Gasteiger partial charge is 0.224 e. The van der Waals surface area contributed by atoms with Crippen molar-refractivity contribution in [2.45, 2.75) is 13.8 Å². The molecule has 3 aromatic carbocycles. The lowest BCUT2D eigenvalue weighted by Crippen LogP contribution is -2.28. The van der Waals surface area contributed by atoms with Gasteiger partial charge >= 0.3 is 0 Å². The zero-order valence-corrected chi connectivity index (χ0v) is 15.2. The third kappa shape index (κ3) is 1.51. The van der Waals surface area contributed by atoms with E-state index < -0.39 is 0 Å². The van der Waals surface area contributed by atoms with Crippen molar-refractivity contribution in [1.82, 2.24) is 4.40 Å². The fraction of sp³-hybridized carbons (Fsp3) is 0.125. The van der Waals surface area contributed by atoms with Gasteiger partial charge in [-0.2, -0.15) is 0 Å². The maximum absolute atomic E-state index is 2.47. The second-order valence-electron chi connectivity index (χ2n) is 7.53. The third-order valence-corrected chi connectivity index (χ3v) is 5.91. The molecule has 0 amide bonds. The Morgan fingerprint density at radius 2 is 1.69 bits per heavy atom. The Hall–Kier alpha value is -3.13. The minimum absolute atomic E-state index is 1.29. The van der Waals surface area contributed by atoms with Crippen LogP contribution in [0.15, 0.2) is 60.8 Å². The molecule has 124 valence electrons. The molecule has 0 fully saturated rings. The predicted molar refractivity (Wildman–Crippen MR) is 109 cm³/mol. The lowest BCUT2D eigenvalue weighted by atomic mass is 10.00. The number of hydrogen-bond donors (Lipinski definition) is 0. The van der Waals surface area contributed by atoms with E-state index in [1.165, 1.54) is 60.1 Å². The van der Waals surface area contributed by atoms with E-state index in [2.05, 4.69) is 90.7 Å². The van der Waals surface area contributed by atoms with Crippen molar-refractivity contribution in [3.05, 3.63) is 71.9 Å². The molecule has 0 aliphatic rings. The Morgan fingerprint density at radius 3 is 2.58 bits per heavy atom. The zero-order chi connectivity index (χ0) is 17.6. The Kier molecular flexibility index (Phi) is 2.45.